The molecule has 0 unspecified atom stereocenters. The molecule has 0 heterocycles. The lowest BCUT2D eigenvalue weighted by atomic mass is 10.3. The van der Waals surface area contributed by atoms with Crippen LogP contribution < -0.4 is 4.72 Å². The second kappa shape index (κ2) is 5.73. The third-order valence-electron chi connectivity index (χ3n) is 2.45. The van der Waals surface area contributed by atoms with Crippen LogP contribution in [0.15, 0.2) is 69.7 Å². The molecule has 0 aliphatic carbocycles. The van der Waals surface area contributed by atoms with Crippen LogP contribution in [0.4, 0.5) is 11.4 Å². The van der Waals surface area contributed by atoms with Crippen LogP contribution in [0, 0.1) is 0 Å². The highest BCUT2D eigenvalue weighted by atomic mass is 32.2. The molecular weight excluding hydrogens is 262 g/mol. The lowest BCUT2D eigenvalue weighted by molar-refractivity contribution is 0.588. The van der Waals surface area contributed by atoms with E-state index in [1.165, 1.54) is 19.2 Å². The van der Waals surface area contributed by atoms with E-state index in [2.05, 4.69) is 15.0 Å². The molecule has 19 heavy (non-hydrogen) atoms. The second-order valence-electron chi connectivity index (χ2n) is 3.74. The molecule has 0 amide bonds. The minimum absolute atomic E-state index is 0.202. The van der Waals surface area contributed by atoms with Gasteiger partial charge in [0.2, 0.25) is 10.0 Å². The van der Waals surface area contributed by atoms with Crippen LogP contribution in [-0.4, -0.2) is 15.5 Å². The molecule has 5 nitrogen and oxygen atoms in total. The van der Waals surface area contributed by atoms with Crippen LogP contribution in [0.3, 0.4) is 0 Å². The highest BCUT2D eigenvalue weighted by Crippen LogP contribution is 2.19. The van der Waals surface area contributed by atoms with Crippen LogP contribution in [0.2, 0.25) is 0 Å². The van der Waals surface area contributed by atoms with Gasteiger partial charge >= 0.3 is 0 Å². The van der Waals surface area contributed by atoms with Crippen molar-refractivity contribution in [1.29, 1.82) is 0 Å². The van der Waals surface area contributed by atoms with Crippen LogP contribution >= 0.6 is 0 Å². The first-order valence-corrected chi connectivity index (χ1v) is 7.10. The Morgan fingerprint density at radius 3 is 1.89 bits per heavy atom. The molecule has 0 saturated carbocycles. The molecule has 0 aromatic heterocycles. The van der Waals surface area contributed by atoms with Crippen molar-refractivity contribution in [1.82, 2.24) is 4.72 Å². The second-order valence-corrected chi connectivity index (χ2v) is 5.62. The molecule has 0 aliphatic heterocycles. The van der Waals surface area contributed by atoms with Gasteiger partial charge in [-0.2, -0.15) is 10.2 Å². The zero-order valence-electron chi connectivity index (χ0n) is 10.3. The largest absolute Gasteiger partial charge is 0.240 e. The lowest BCUT2D eigenvalue weighted by Crippen LogP contribution is -2.18. The minimum Gasteiger partial charge on any atom is -0.214 e. The van der Waals surface area contributed by atoms with Crippen molar-refractivity contribution in [2.45, 2.75) is 4.90 Å². The van der Waals surface area contributed by atoms with E-state index < -0.39 is 10.0 Å². The van der Waals surface area contributed by atoms with Crippen LogP contribution in [0.1, 0.15) is 0 Å². The number of hydrogen-bond donors (Lipinski definition) is 1. The third kappa shape index (κ3) is 3.46. The Balaban J connectivity index is 2.18. The van der Waals surface area contributed by atoms with Gasteiger partial charge in [-0.15, -0.1) is 0 Å². The molecule has 2 rings (SSSR count). The van der Waals surface area contributed by atoms with Gasteiger partial charge in [0.15, 0.2) is 0 Å². The molecule has 0 radical (unpaired) electrons. The first-order chi connectivity index (χ1) is 9.12. The zero-order chi connectivity index (χ0) is 13.7. The topological polar surface area (TPSA) is 70.9 Å². The Kier molecular flexibility index (Phi) is 4.03. The van der Waals surface area contributed by atoms with E-state index in [4.69, 9.17) is 0 Å². The standard InChI is InChI=1S/C13H13N3O2S/c1-14-19(17,18)13-9-7-12(8-10-13)16-15-11-5-3-2-4-6-11/h2-10,14H,1H3. The molecule has 1 N–H and O–H groups in total. The third-order valence-corrected chi connectivity index (χ3v) is 3.88. The number of hydrogen-bond acceptors (Lipinski definition) is 4. The van der Waals surface area contributed by atoms with Gasteiger partial charge in [0.1, 0.15) is 0 Å². The van der Waals surface area contributed by atoms with Crippen molar-refractivity contribution >= 4 is 21.4 Å². The number of benzene rings is 2. The normalized spacial score (nSPS) is 11.8. The SMILES string of the molecule is CNS(=O)(=O)c1ccc(N=Nc2ccccc2)cc1. The van der Waals surface area contributed by atoms with Crippen molar-refractivity contribution < 1.29 is 8.42 Å². The fourth-order valence-electron chi connectivity index (χ4n) is 1.42. The fraction of sp³-hybridized carbons (Fsp3) is 0.0769. The maximum Gasteiger partial charge on any atom is 0.240 e. The van der Waals surface area contributed by atoms with Gasteiger partial charge in [0.25, 0.3) is 0 Å². The number of nitrogens with one attached hydrogen (secondary N) is 1. The summed E-state index contributed by atoms with van der Waals surface area (Å²) in [5.74, 6) is 0. The van der Waals surface area contributed by atoms with Crippen LogP contribution in [0.25, 0.3) is 0 Å². The van der Waals surface area contributed by atoms with Gasteiger partial charge in [-0.05, 0) is 43.4 Å². The summed E-state index contributed by atoms with van der Waals surface area (Å²) in [6, 6.07) is 15.5. The van der Waals surface area contributed by atoms with Crippen LogP contribution in [-0.2, 0) is 10.0 Å². The predicted octanol–water partition coefficient (Wildman–Crippen LogP) is 3.01. The molecule has 0 spiro atoms. The molecular formula is C13H13N3O2S. The number of rotatable bonds is 4. The van der Waals surface area contributed by atoms with Gasteiger partial charge in [-0.1, -0.05) is 18.2 Å². The quantitative estimate of drug-likeness (QED) is 0.871. The molecule has 0 bridgehead atoms. The van der Waals surface area contributed by atoms with Gasteiger partial charge in [-0.25, -0.2) is 13.1 Å². The van der Waals surface area contributed by atoms with E-state index in [1.807, 2.05) is 30.3 Å². The maximum atomic E-state index is 11.5. The summed E-state index contributed by atoms with van der Waals surface area (Å²) in [5, 5.41) is 8.08. The lowest BCUT2D eigenvalue weighted by Gasteiger charge is -2.01. The minimum atomic E-state index is -3.40. The van der Waals surface area contributed by atoms with Crippen molar-refractivity contribution in [2.75, 3.05) is 7.05 Å². The van der Waals surface area contributed by atoms with Gasteiger partial charge < -0.3 is 0 Å². The van der Waals surface area contributed by atoms with E-state index in [9.17, 15) is 8.42 Å². The Morgan fingerprint density at radius 1 is 0.842 bits per heavy atom. The number of sulfonamides is 1. The Morgan fingerprint density at radius 2 is 1.37 bits per heavy atom. The molecule has 0 saturated heterocycles. The summed E-state index contributed by atoms with van der Waals surface area (Å²) in [6.45, 7) is 0. The summed E-state index contributed by atoms with van der Waals surface area (Å²) in [4.78, 5) is 0.202. The molecule has 98 valence electrons. The Labute approximate surface area is 112 Å². The van der Waals surface area contributed by atoms with Crippen molar-refractivity contribution in [3.8, 4) is 0 Å². The highest BCUT2D eigenvalue weighted by Gasteiger charge is 2.09. The summed E-state index contributed by atoms with van der Waals surface area (Å²) < 4.78 is 25.3. The van der Waals surface area contributed by atoms with Crippen molar-refractivity contribution in [3.05, 3.63) is 54.6 Å². The van der Waals surface area contributed by atoms with Gasteiger partial charge in [0, 0.05) is 0 Å². The average Bonchev–Trinajstić information content (AvgIpc) is 2.47. The van der Waals surface area contributed by atoms with Crippen LogP contribution in [0.5, 0.6) is 0 Å². The fourth-order valence-corrected chi connectivity index (χ4v) is 2.15. The first kappa shape index (κ1) is 13.4. The number of azo groups is 1. The highest BCUT2D eigenvalue weighted by molar-refractivity contribution is 7.89. The Bertz CT molecular complexity index is 665. The monoisotopic (exact) mass is 275 g/mol. The molecule has 0 fully saturated rings. The smallest absolute Gasteiger partial charge is 0.214 e. The molecule has 6 heteroatoms. The molecule has 0 atom stereocenters. The molecule has 0 aliphatic rings. The summed E-state index contributed by atoms with van der Waals surface area (Å²) in [5.41, 5.74) is 1.34. The summed E-state index contributed by atoms with van der Waals surface area (Å²) >= 11 is 0. The van der Waals surface area contributed by atoms with Gasteiger partial charge in [0.05, 0.1) is 16.3 Å². The zero-order valence-corrected chi connectivity index (χ0v) is 11.1. The van der Waals surface area contributed by atoms with E-state index in [0.29, 0.717) is 5.69 Å². The molecule has 2 aromatic rings. The molecule has 2 aromatic carbocycles. The van der Waals surface area contributed by atoms with E-state index in [1.54, 1.807) is 12.1 Å². The predicted molar refractivity (Wildman–Crippen MR) is 73.3 cm³/mol. The Hall–Kier alpha value is -2.05. The average molecular weight is 275 g/mol. The van der Waals surface area contributed by atoms with Crippen molar-refractivity contribution in [3.63, 3.8) is 0 Å². The van der Waals surface area contributed by atoms with E-state index in [0.717, 1.165) is 5.69 Å². The first-order valence-electron chi connectivity index (χ1n) is 5.62. The van der Waals surface area contributed by atoms with E-state index >= 15 is 0 Å². The van der Waals surface area contributed by atoms with Crippen molar-refractivity contribution in [2.24, 2.45) is 10.2 Å². The summed E-state index contributed by atoms with van der Waals surface area (Å²) in [7, 11) is -2.03. The number of nitrogens with zero attached hydrogens (tertiary/aromatic N) is 2. The van der Waals surface area contributed by atoms with Gasteiger partial charge in [-0.3, -0.25) is 0 Å². The summed E-state index contributed by atoms with van der Waals surface area (Å²) in [6.07, 6.45) is 0. The maximum absolute atomic E-state index is 11.5. The van der Waals surface area contributed by atoms with E-state index in [-0.39, 0.29) is 4.90 Å².